The van der Waals surface area contributed by atoms with Crippen LogP contribution in [0.3, 0.4) is 0 Å². The second-order valence-electron chi connectivity index (χ2n) is 4.48. The molecule has 0 saturated heterocycles. The molecule has 4 rings (SSSR count). The van der Waals surface area contributed by atoms with Crippen molar-refractivity contribution in [1.29, 1.82) is 0 Å². The fourth-order valence-electron chi connectivity index (χ4n) is 2.62. The second-order valence-corrected chi connectivity index (χ2v) is 4.48. The summed E-state index contributed by atoms with van der Waals surface area (Å²) in [5.41, 5.74) is 1.96. The molecule has 0 amide bonds. The Kier molecular flexibility index (Phi) is 1.75. The van der Waals surface area contributed by atoms with Crippen LogP contribution in [-0.4, -0.2) is 15.0 Å². The number of rotatable bonds is 0. The van der Waals surface area contributed by atoms with Crippen LogP contribution in [0.5, 0.6) is 0 Å². The van der Waals surface area contributed by atoms with E-state index in [4.69, 9.17) is 0 Å². The van der Waals surface area contributed by atoms with Gasteiger partial charge in [-0.05, 0) is 10.8 Å². The molecule has 18 heavy (non-hydrogen) atoms. The fourth-order valence-corrected chi connectivity index (χ4v) is 2.62. The smallest absolute Gasteiger partial charge is 0.121 e. The Hall–Kier alpha value is -2.42. The van der Waals surface area contributed by atoms with Crippen molar-refractivity contribution >= 4 is 32.6 Å². The standard InChI is InChI=1S/C15H11N3/c1-18-16-14-12-8-4-2-6-10(12)11-7-3-5-9-13(11)15(14)17-18/h2-9H,1H3. The molecule has 1 heterocycles. The normalized spacial score (nSPS) is 11.6. The SMILES string of the molecule is Cn1nc2c3ccccc3c3ccccc3c2n1. The minimum Gasteiger partial charge on any atom is -0.187 e. The van der Waals surface area contributed by atoms with Gasteiger partial charge in [0.25, 0.3) is 0 Å². The Balaban J connectivity index is 2.45. The molecular weight excluding hydrogens is 222 g/mol. The van der Waals surface area contributed by atoms with Gasteiger partial charge in [-0.3, -0.25) is 0 Å². The van der Waals surface area contributed by atoms with Gasteiger partial charge < -0.3 is 0 Å². The summed E-state index contributed by atoms with van der Waals surface area (Å²) in [6.45, 7) is 0. The molecule has 0 aliphatic heterocycles. The number of aromatic nitrogens is 3. The van der Waals surface area contributed by atoms with Gasteiger partial charge in [0.15, 0.2) is 0 Å². The Bertz CT molecular complexity index is 817. The van der Waals surface area contributed by atoms with Crippen molar-refractivity contribution < 1.29 is 0 Å². The molecule has 0 bridgehead atoms. The van der Waals surface area contributed by atoms with E-state index in [-0.39, 0.29) is 0 Å². The molecule has 1 aromatic heterocycles. The van der Waals surface area contributed by atoms with Gasteiger partial charge in [0.2, 0.25) is 0 Å². The van der Waals surface area contributed by atoms with Crippen molar-refractivity contribution in [2.45, 2.75) is 0 Å². The number of hydrogen-bond donors (Lipinski definition) is 0. The lowest BCUT2D eigenvalue weighted by Gasteiger charge is -2.04. The first-order chi connectivity index (χ1) is 8.84. The van der Waals surface area contributed by atoms with Gasteiger partial charge in [-0.25, -0.2) is 0 Å². The van der Waals surface area contributed by atoms with Crippen LogP contribution < -0.4 is 0 Å². The number of hydrogen-bond acceptors (Lipinski definition) is 2. The monoisotopic (exact) mass is 233 g/mol. The van der Waals surface area contributed by atoms with E-state index in [2.05, 4.69) is 46.6 Å². The van der Waals surface area contributed by atoms with E-state index >= 15 is 0 Å². The molecule has 0 saturated carbocycles. The van der Waals surface area contributed by atoms with E-state index in [9.17, 15) is 0 Å². The van der Waals surface area contributed by atoms with Gasteiger partial charge in [-0.2, -0.15) is 15.0 Å². The summed E-state index contributed by atoms with van der Waals surface area (Å²) in [5, 5.41) is 13.8. The van der Waals surface area contributed by atoms with E-state index in [0.717, 1.165) is 11.0 Å². The third-order valence-electron chi connectivity index (χ3n) is 3.37. The van der Waals surface area contributed by atoms with Gasteiger partial charge in [0, 0.05) is 17.8 Å². The van der Waals surface area contributed by atoms with Crippen LogP contribution in [0.15, 0.2) is 48.5 Å². The molecule has 0 atom stereocenters. The highest BCUT2D eigenvalue weighted by atomic mass is 15.4. The third-order valence-corrected chi connectivity index (χ3v) is 3.37. The summed E-state index contributed by atoms with van der Waals surface area (Å²) < 4.78 is 0. The fraction of sp³-hybridized carbons (Fsp3) is 0.0667. The largest absolute Gasteiger partial charge is 0.187 e. The Morgan fingerprint density at radius 3 is 1.50 bits per heavy atom. The average molecular weight is 233 g/mol. The number of aryl methyl sites for hydroxylation is 1. The van der Waals surface area contributed by atoms with E-state index in [0.29, 0.717) is 0 Å². The first-order valence-electron chi connectivity index (χ1n) is 5.95. The van der Waals surface area contributed by atoms with Crippen LogP contribution >= 0.6 is 0 Å². The molecule has 0 aliphatic rings. The van der Waals surface area contributed by atoms with Gasteiger partial charge in [0.05, 0.1) is 0 Å². The van der Waals surface area contributed by atoms with Crippen LogP contribution in [0, 0.1) is 0 Å². The highest BCUT2D eigenvalue weighted by Gasteiger charge is 2.11. The zero-order valence-electron chi connectivity index (χ0n) is 9.96. The van der Waals surface area contributed by atoms with E-state index < -0.39 is 0 Å². The van der Waals surface area contributed by atoms with Crippen molar-refractivity contribution in [3.05, 3.63) is 48.5 Å². The molecule has 3 heteroatoms. The van der Waals surface area contributed by atoms with Crippen LogP contribution in [0.2, 0.25) is 0 Å². The molecule has 0 N–H and O–H groups in total. The molecular formula is C15H11N3. The number of nitrogens with zero attached hydrogens (tertiary/aromatic N) is 3. The lowest BCUT2D eigenvalue weighted by Crippen LogP contribution is -1.90. The number of benzene rings is 3. The molecule has 3 aromatic carbocycles. The first kappa shape index (κ1) is 9.59. The van der Waals surface area contributed by atoms with E-state index in [1.54, 1.807) is 4.80 Å². The molecule has 0 spiro atoms. The van der Waals surface area contributed by atoms with Crippen molar-refractivity contribution in [2.24, 2.45) is 7.05 Å². The summed E-state index contributed by atoms with van der Waals surface area (Å²) in [7, 11) is 1.86. The highest BCUT2D eigenvalue weighted by molar-refractivity contribution is 6.22. The predicted molar refractivity (Wildman–Crippen MR) is 73.5 cm³/mol. The van der Waals surface area contributed by atoms with Gasteiger partial charge in [-0.15, -0.1) is 0 Å². The topological polar surface area (TPSA) is 30.7 Å². The average Bonchev–Trinajstić information content (AvgIpc) is 2.81. The Morgan fingerprint density at radius 2 is 1.06 bits per heavy atom. The van der Waals surface area contributed by atoms with Crippen molar-refractivity contribution in [1.82, 2.24) is 15.0 Å². The van der Waals surface area contributed by atoms with Crippen molar-refractivity contribution in [3.63, 3.8) is 0 Å². The lowest BCUT2D eigenvalue weighted by atomic mass is 10.0. The van der Waals surface area contributed by atoms with Crippen LogP contribution in [-0.2, 0) is 7.05 Å². The van der Waals surface area contributed by atoms with Crippen molar-refractivity contribution in [3.8, 4) is 0 Å². The Labute approximate surface area is 104 Å². The maximum atomic E-state index is 4.50. The molecule has 0 unspecified atom stereocenters. The third kappa shape index (κ3) is 1.13. The molecule has 0 fully saturated rings. The quantitative estimate of drug-likeness (QED) is 0.436. The minimum absolute atomic E-state index is 0.979. The molecule has 0 aliphatic carbocycles. The second kappa shape index (κ2) is 3.29. The molecule has 0 radical (unpaired) electrons. The molecule has 86 valence electrons. The lowest BCUT2D eigenvalue weighted by molar-refractivity contribution is 0.666. The Morgan fingerprint density at radius 1 is 0.667 bits per heavy atom. The predicted octanol–water partition coefficient (Wildman–Crippen LogP) is 3.27. The molecule has 3 nitrogen and oxygen atoms in total. The zero-order valence-corrected chi connectivity index (χ0v) is 9.96. The van der Waals surface area contributed by atoms with Gasteiger partial charge >= 0.3 is 0 Å². The number of fused-ring (bicyclic) bond motifs is 6. The first-order valence-corrected chi connectivity index (χ1v) is 5.95. The maximum absolute atomic E-state index is 4.50. The van der Waals surface area contributed by atoms with Gasteiger partial charge in [-0.1, -0.05) is 48.5 Å². The van der Waals surface area contributed by atoms with Crippen LogP contribution in [0.1, 0.15) is 0 Å². The summed E-state index contributed by atoms with van der Waals surface area (Å²) >= 11 is 0. The molecule has 4 aromatic rings. The summed E-state index contributed by atoms with van der Waals surface area (Å²) in [6.07, 6.45) is 0. The summed E-state index contributed by atoms with van der Waals surface area (Å²) in [6, 6.07) is 16.7. The minimum atomic E-state index is 0.979. The van der Waals surface area contributed by atoms with E-state index in [1.807, 2.05) is 19.2 Å². The van der Waals surface area contributed by atoms with Crippen LogP contribution in [0.4, 0.5) is 0 Å². The van der Waals surface area contributed by atoms with Crippen LogP contribution in [0.25, 0.3) is 32.6 Å². The van der Waals surface area contributed by atoms with Crippen molar-refractivity contribution in [2.75, 3.05) is 0 Å². The summed E-state index contributed by atoms with van der Waals surface area (Å²) in [5.74, 6) is 0. The summed E-state index contributed by atoms with van der Waals surface area (Å²) in [4.78, 5) is 1.64. The maximum Gasteiger partial charge on any atom is 0.121 e. The van der Waals surface area contributed by atoms with Gasteiger partial charge in [0.1, 0.15) is 11.0 Å². The highest BCUT2D eigenvalue weighted by Crippen LogP contribution is 2.32. The van der Waals surface area contributed by atoms with E-state index in [1.165, 1.54) is 21.5 Å². The zero-order chi connectivity index (χ0) is 12.1.